The molecule has 1 fully saturated rings. The lowest BCUT2D eigenvalue weighted by Crippen LogP contribution is -2.21. The lowest BCUT2D eigenvalue weighted by molar-refractivity contribution is 0.0409. The number of likely N-dealkylation sites (tertiary alicyclic amines) is 1. The molecule has 0 N–H and O–H groups in total. The van der Waals surface area contributed by atoms with Crippen molar-refractivity contribution in [2.24, 2.45) is 5.92 Å². The first-order valence-electron chi connectivity index (χ1n) is 9.59. The van der Waals surface area contributed by atoms with Crippen molar-refractivity contribution >= 4 is 0 Å². The molecule has 1 saturated heterocycles. The van der Waals surface area contributed by atoms with Gasteiger partial charge in [-0.15, -0.1) is 0 Å². The molecule has 2 atom stereocenters. The van der Waals surface area contributed by atoms with Crippen LogP contribution in [0.2, 0.25) is 0 Å². The third kappa shape index (κ3) is 5.17. The summed E-state index contributed by atoms with van der Waals surface area (Å²) in [5.41, 5.74) is 4.08. The molecule has 25 heavy (non-hydrogen) atoms. The molecule has 1 aliphatic rings. The maximum atomic E-state index is 6.18. The molecular formula is C23H31NO. The maximum absolute atomic E-state index is 6.18. The normalized spacial score (nSPS) is 19.4. The second kappa shape index (κ2) is 8.64. The fourth-order valence-corrected chi connectivity index (χ4v) is 3.56. The summed E-state index contributed by atoms with van der Waals surface area (Å²) in [7, 11) is 0. The van der Waals surface area contributed by atoms with Crippen LogP contribution in [0.25, 0.3) is 0 Å². The van der Waals surface area contributed by atoms with Crippen molar-refractivity contribution in [2.75, 3.05) is 19.7 Å². The molecule has 0 spiro atoms. The summed E-state index contributed by atoms with van der Waals surface area (Å²) in [5, 5.41) is 0. The van der Waals surface area contributed by atoms with Crippen molar-refractivity contribution in [2.45, 2.75) is 45.8 Å². The number of benzene rings is 2. The predicted octanol–water partition coefficient (Wildman–Crippen LogP) is 5.41. The number of nitrogens with zero attached hydrogens (tertiary/aromatic N) is 1. The van der Waals surface area contributed by atoms with Gasteiger partial charge in [0.15, 0.2) is 0 Å². The van der Waals surface area contributed by atoms with E-state index < -0.39 is 0 Å². The van der Waals surface area contributed by atoms with Crippen LogP contribution in [0.1, 0.15) is 55.9 Å². The molecule has 134 valence electrons. The van der Waals surface area contributed by atoms with E-state index in [1.54, 1.807) is 0 Å². The Balaban J connectivity index is 1.44. The van der Waals surface area contributed by atoms with Crippen LogP contribution >= 0.6 is 0 Å². The summed E-state index contributed by atoms with van der Waals surface area (Å²) in [5.74, 6) is 1.24. The summed E-state index contributed by atoms with van der Waals surface area (Å²) < 4.78 is 6.18. The monoisotopic (exact) mass is 337 g/mol. The highest BCUT2D eigenvalue weighted by atomic mass is 16.5. The van der Waals surface area contributed by atoms with Gasteiger partial charge in [-0.2, -0.15) is 0 Å². The molecule has 2 aromatic carbocycles. The summed E-state index contributed by atoms with van der Waals surface area (Å²) >= 11 is 0. The Morgan fingerprint density at radius 2 is 1.64 bits per heavy atom. The molecule has 0 aliphatic carbocycles. The number of rotatable bonds is 7. The van der Waals surface area contributed by atoms with Crippen LogP contribution in [0.15, 0.2) is 54.6 Å². The van der Waals surface area contributed by atoms with Gasteiger partial charge < -0.3 is 4.74 Å². The number of ether oxygens (including phenoxy) is 1. The summed E-state index contributed by atoms with van der Waals surface area (Å²) in [4.78, 5) is 2.55. The zero-order chi connectivity index (χ0) is 17.6. The van der Waals surface area contributed by atoms with Gasteiger partial charge in [-0.25, -0.2) is 0 Å². The van der Waals surface area contributed by atoms with Crippen LogP contribution in [0.3, 0.4) is 0 Å². The zero-order valence-electron chi connectivity index (χ0n) is 15.8. The van der Waals surface area contributed by atoms with Crippen molar-refractivity contribution in [1.82, 2.24) is 4.90 Å². The fourth-order valence-electron chi connectivity index (χ4n) is 3.56. The van der Waals surface area contributed by atoms with Crippen LogP contribution < -0.4 is 0 Å². The van der Waals surface area contributed by atoms with E-state index in [2.05, 4.69) is 80.3 Å². The van der Waals surface area contributed by atoms with E-state index in [4.69, 9.17) is 4.74 Å². The van der Waals surface area contributed by atoms with Crippen LogP contribution in [-0.4, -0.2) is 24.6 Å². The minimum Gasteiger partial charge on any atom is -0.373 e. The lowest BCUT2D eigenvalue weighted by atomic mass is 10.0. The second-order valence-electron chi connectivity index (χ2n) is 7.67. The zero-order valence-corrected chi connectivity index (χ0v) is 15.8. The van der Waals surface area contributed by atoms with Gasteiger partial charge in [0.1, 0.15) is 0 Å². The Bertz CT molecular complexity index is 635. The Morgan fingerprint density at radius 3 is 2.32 bits per heavy atom. The summed E-state index contributed by atoms with van der Waals surface area (Å²) in [6.45, 7) is 10.9. The smallest absolute Gasteiger partial charge is 0.0796 e. The Hall–Kier alpha value is -1.64. The second-order valence-corrected chi connectivity index (χ2v) is 7.67. The molecular weight excluding hydrogens is 306 g/mol. The van der Waals surface area contributed by atoms with Gasteiger partial charge in [-0.3, -0.25) is 4.90 Å². The minimum atomic E-state index is 0.171. The van der Waals surface area contributed by atoms with Crippen LogP contribution in [0.5, 0.6) is 0 Å². The van der Waals surface area contributed by atoms with E-state index >= 15 is 0 Å². The average Bonchev–Trinajstić information content (AvgIpc) is 3.08. The molecule has 1 heterocycles. The molecule has 0 radical (unpaired) electrons. The molecule has 2 nitrogen and oxygen atoms in total. The molecule has 0 aromatic heterocycles. The maximum Gasteiger partial charge on any atom is 0.0796 e. The Kier molecular flexibility index (Phi) is 6.28. The highest BCUT2D eigenvalue weighted by molar-refractivity contribution is 5.25. The highest BCUT2D eigenvalue weighted by Crippen LogP contribution is 2.24. The van der Waals surface area contributed by atoms with Gasteiger partial charge in [0.2, 0.25) is 0 Å². The van der Waals surface area contributed by atoms with Crippen molar-refractivity contribution in [3.63, 3.8) is 0 Å². The molecule has 1 aliphatic heterocycles. The standard InChI is InChI=1S/C23H31NO/c1-18(2)22-9-11-23(12-10-22)19(3)25-17-21-13-14-24(16-21)15-20-7-5-4-6-8-20/h4-12,18-19,21H,13-17H2,1-3H3. The Labute approximate surface area is 152 Å². The van der Waals surface area contributed by atoms with E-state index in [0.29, 0.717) is 11.8 Å². The first-order valence-corrected chi connectivity index (χ1v) is 9.59. The van der Waals surface area contributed by atoms with Crippen LogP contribution in [-0.2, 0) is 11.3 Å². The first-order chi connectivity index (χ1) is 12.1. The molecule has 2 heteroatoms. The van der Waals surface area contributed by atoms with E-state index in [-0.39, 0.29) is 6.10 Å². The van der Waals surface area contributed by atoms with Crippen molar-refractivity contribution < 1.29 is 4.74 Å². The van der Waals surface area contributed by atoms with Gasteiger partial charge in [0.05, 0.1) is 12.7 Å². The molecule has 2 aromatic rings. The topological polar surface area (TPSA) is 12.5 Å². The van der Waals surface area contributed by atoms with E-state index in [1.807, 2.05) is 0 Å². The molecule has 0 saturated carbocycles. The van der Waals surface area contributed by atoms with Gasteiger partial charge in [0.25, 0.3) is 0 Å². The summed E-state index contributed by atoms with van der Waals surface area (Å²) in [6, 6.07) is 19.7. The van der Waals surface area contributed by atoms with Crippen LogP contribution in [0, 0.1) is 5.92 Å². The Morgan fingerprint density at radius 1 is 0.960 bits per heavy atom. The van der Waals surface area contributed by atoms with Crippen molar-refractivity contribution in [3.05, 3.63) is 71.3 Å². The van der Waals surface area contributed by atoms with Gasteiger partial charge in [0, 0.05) is 13.1 Å². The average molecular weight is 338 g/mol. The molecule has 3 rings (SSSR count). The quantitative estimate of drug-likeness (QED) is 0.670. The highest BCUT2D eigenvalue weighted by Gasteiger charge is 2.23. The summed E-state index contributed by atoms with van der Waals surface area (Å²) in [6.07, 6.45) is 1.41. The molecule has 0 amide bonds. The number of hydrogen-bond donors (Lipinski definition) is 0. The SMILES string of the molecule is CC(C)c1ccc(C(C)OCC2CCN(Cc3ccccc3)C2)cc1. The minimum absolute atomic E-state index is 0.171. The largest absolute Gasteiger partial charge is 0.373 e. The third-order valence-corrected chi connectivity index (χ3v) is 5.27. The van der Waals surface area contributed by atoms with Crippen molar-refractivity contribution in [1.29, 1.82) is 0 Å². The fraction of sp³-hybridized carbons (Fsp3) is 0.478. The molecule has 0 bridgehead atoms. The van der Waals surface area contributed by atoms with Crippen LogP contribution in [0.4, 0.5) is 0 Å². The number of hydrogen-bond acceptors (Lipinski definition) is 2. The van der Waals surface area contributed by atoms with E-state index in [9.17, 15) is 0 Å². The van der Waals surface area contributed by atoms with Gasteiger partial charge in [-0.1, -0.05) is 68.4 Å². The van der Waals surface area contributed by atoms with Gasteiger partial charge in [-0.05, 0) is 48.4 Å². The third-order valence-electron chi connectivity index (χ3n) is 5.27. The van der Waals surface area contributed by atoms with Gasteiger partial charge >= 0.3 is 0 Å². The van der Waals surface area contributed by atoms with Crippen molar-refractivity contribution in [3.8, 4) is 0 Å². The first kappa shape index (κ1) is 18.2. The lowest BCUT2D eigenvalue weighted by Gasteiger charge is -2.19. The van der Waals surface area contributed by atoms with E-state index in [0.717, 1.165) is 19.7 Å². The predicted molar refractivity (Wildman–Crippen MR) is 105 cm³/mol. The molecule has 2 unspecified atom stereocenters. The van der Waals surface area contributed by atoms with E-state index in [1.165, 1.54) is 29.7 Å².